The van der Waals surface area contributed by atoms with Crippen LogP contribution in [-0.2, 0) is 0 Å². The minimum Gasteiger partial charge on any atom is -0.316 e. The van der Waals surface area contributed by atoms with E-state index in [9.17, 15) is 0 Å². The van der Waals surface area contributed by atoms with E-state index in [-0.39, 0.29) is 0 Å². The Hall–Kier alpha value is -0.0400. The van der Waals surface area contributed by atoms with Crippen molar-refractivity contribution in [1.29, 1.82) is 0 Å². The van der Waals surface area contributed by atoms with Gasteiger partial charge in [0.15, 0.2) is 0 Å². The van der Waals surface area contributed by atoms with Crippen LogP contribution in [0.2, 0.25) is 0 Å². The Kier molecular flexibility index (Phi) is 8.88. The van der Waals surface area contributed by atoms with Crippen LogP contribution in [-0.4, -0.2) is 13.1 Å². The molecular weight excluding hydrogens is 194 g/mol. The molecule has 1 heterocycles. The zero-order valence-corrected chi connectivity index (χ0v) is 11.3. The third-order valence-corrected chi connectivity index (χ3v) is 3.86. The minimum absolute atomic E-state index is 0.984. The highest BCUT2D eigenvalue weighted by Crippen LogP contribution is 2.18. The van der Waals surface area contributed by atoms with Crippen molar-refractivity contribution in [2.24, 2.45) is 5.92 Å². The number of unbranched alkanes of at least 4 members (excludes halogenated alkanes) is 6. The summed E-state index contributed by atoms with van der Waals surface area (Å²) in [5, 5.41) is 3.57. The quantitative estimate of drug-likeness (QED) is 0.599. The van der Waals surface area contributed by atoms with Crippen molar-refractivity contribution in [1.82, 2.24) is 5.32 Å². The normalized spacial score (nSPS) is 21.9. The van der Waals surface area contributed by atoms with Crippen molar-refractivity contribution < 1.29 is 0 Å². The highest BCUT2D eigenvalue weighted by Gasteiger charge is 2.10. The van der Waals surface area contributed by atoms with E-state index in [1.165, 1.54) is 83.7 Å². The molecule has 16 heavy (non-hydrogen) atoms. The molecule has 1 heteroatoms. The molecule has 0 bridgehead atoms. The molecule has 0 aromatic rings. The lowest BCUT2D eigenvalue weighted by Crippen LogP contribution is -2.20. The first-order chi connectivity index (χ1) is 7.93. The van der Waals surface area contributed by atoms with Gasteiger partial charge in [0.25, 0.3) is 0 Å². The Morgan fingerprint density at radius 2 is 1.69 bits per heavy atom. The van der Waals surface area contributed by atoms with Gasteiger partial charge in [-0.1, -0.05) is 58.3 Å². The standard InChI is InChI=1S/C15H31N/c1-2-3-4-5-6-7-8-11-15-12-9-10-13-16-14-15/h15-16H,2-14H2,1H3. The number of nitrogens with one attached hydrogen (secondary N) is 1. The molecule has 1 N–H and O–H groups in total. The average molecular weight is 225 g/mol. The van der Waals surface area contributed by atoms with Crippen LogP contribution in [0.1, 0.15) is 77.6 Å². The highest BCUT2D eigenvalue weighted by molar-refractivity contribution is 4.67. The molecule has 1 fully saturated rings. The summed E-state index contributed by atoms with van der Waals surface area (Å²) in [5.74, 6) is 0.984. The van der Waals surface area contributed by atoms with Gasteiger partial charge in [0, 0.05) is 0 Å². The van der Waals surface area contributed by atoms with Gasteiger partial charge in [-0.2, -0.15) is 0 Å². The number of hydrogen-bond acceptors (Lipinski definition) is 1. The summed E-state index contributed by atoms with van der Waals surface area (Å²) < 4.78 is 0. The van der Waals surface area contributed by atoms with Crippen LogP contribution in [0.15, 0.2) is 0 Å². The molecule has 0 radical (unpaired) electrons. The second-order valence-corrected chi connectivity index (χ2v) is 5.48. The van der Waals surface area contributed by atoms with Crippen LogP contribution >= 0.6 is 0 Å². The summed E-state index contributed by atoms with van der Waals surface area (Å²) in [6.07, 6.45) is 15.9. The Balaban J connectivity index is 1.86. The van der Waals surface area contributed by atoms with E-state index in [4.69, 9.17) is 0 Å². The Bertz CT molecular complexity index is 136. The van der Waals surface area contributed by atoms with Crippen molar-refractivity contribution in [3.8, 4) is 0 Å². The van der Waals surface area contributed by atoms with E-state index in [0.717, 1.165) is 5.92 Å². The highest BCUT2D eigenvalue weighted by atomic mass is 14.9. The monoisotopic (exact) mass is 225 g/mol. The van der Waals surface area contributed by atoms with Crippen molar-refractivity contribution in [3.63, 3.8) is 0 Å². The molecule has 0 spiro atoms. The first-order valence-electron chi connectivity index (χ1n) is 7.64. The summed E-state index contributed by atoms with van der Waals surface area (Å²) in [6.45, 7) is 4.84. The van der Waals surface area contributed by atoms with Crippen LogP contribution in [0, 0.1) is 5.92 Å². The van der Waals surface area contributed by atoms with Crippen LogP contribution in [0.4, 0.5) is 0 Å². The smallest absolute Gasteiger partial charge is 0.00205 e. The fourth-order valence-electron chi connectivity index (χ4n) is 2.73. The largest absolute Gasteiger partial charge is 0.316 e. The molecule has 1 aliphatic heterocycles. The average Bonchev–Trinajstić information content (AvgIpc) is 2.56. The summed E-state index contributed by atoms with van der Waals surface area (Å²) >= 11 is 0. The first kappa shape index (κ1) is 14.0. The Labute approximate surface area is 102 Å². The van der Waals surface area contributed by atoms with Gasteiger partial charge >= 0.3 is 0 Å². The van der Waals surface area contributed by atoms with Gasteiger partial charge in [0.1, 0.15) is 0 Å². The zero-order valence-electron chi connectivity index (χ0n) is 11.3. The summed E-state index contributed by atoms with van der Waals surface area (Å²) in [6, 6.07) is 0. The lowest BCUT2D eigenvalue weighted by Gasteiger charge is -2.13. The van der Waals surface area contributed by atoms with Crippen LogP contribution in [0.5, 0.6) is 0 Å². The molecule has 1 aliphatic rings. The molecule has 1 nitrogen and oxygen atoms in total. The lowest BCUT2D eigenvalue weighted by molar-refractivity contribution is 0.420. The van der Waals surface area contributed by atoms with Crippen LogP contribution < -0.4 is 5.32 Å². The molecule has 0 aromatic heterocycles. The van der Waals surface area contributed by atoms with Crippen LogP contribution in [0.25, 0.3) is 0 Å². The topological polar surface area (TPSA) is 12.0 Å². The fourth-order valence-corrected chi connectivity index (χ4v) is 2.73. The lowest BCUT2D eigenvalue weighted by atomic mass is 9.96. The maximum Gasteiger partial charge on any atom is -0.00205 e. The van der Waals surface area contributed by atoms with Gasteiger partial charge < -0.3 is 5.32 Å². The third kappa shape index (κ3) is 7.27. The first-order valence-corrected chi connectivity index (χ1v) is 7.64. The van der Waals surface area contributed by atoms with Crippen molar-refractivity contribution >= 4 is 0 Å². The molecular formula is C15H31N. The molecule has 0 saturated carbocycles. The molecule has 1 atom stereocenters. The van der Waals surface area contributed by atoms with Gasteiger partial charge in [-0.3, -0.25) is 0 Å². The molecule has 0 amide bonds. The second-order valence-electron chi connectivity index (χ2n) is 5.48. The fraction of sp³-hybridized carbons (Fsp3) is 1.00. The maximum atomic E-state index is 3.57. The SMILES string of the molecule is CCCCCCCCCC1CCCCNC1. The second kappa shape index (κ2) is 10.1. The van der Waals surface area contributed by atoms with Gasteiger partial charge in [-0.25, -0.2) is 0 Å². The summed E-state index contributed by atoms with van der Waals surface area (Å²) in [4.78, 5) is 0. The van der Waals surface area contributed by atoms with Gasteiger partial charge in [0.05, 0.1) is 0 Å². The van der Waals surface area contributed by atoms with Crippen molar-refractivity contribution in [2.75, 3.05) is 13.1 Å². The van der Waals surface area contributed by atoms with Gasteiger partial charge in [-0.05, 0) is 38.3 Å². The van der Waals surface area contributed by atoms with Gasteiger partial charge in [-0.15, -0.1) is 0 Å². The van der Waals surface area contributed by atoms with E-state index in [1.54, 1.807) is 0 Å². The number of rotatable bonds is 8. The van der Waals surface area contributed by atoms with E-state index >= 15 is 0 Å². The van der Waals surface area contributed by atoms with Crippen molar-refractivity contribution in [2.45, 2.75) is 77.6 Å². The Morgan fingerprint density at radius 3 is 2.50 bits per heavy atom. The molecule has 96 valence electrons. The molecule has 0 aliphatic carbocycles. The summed E-state index contributed by atoms with van der Waals surface area (Å²) in [7, 11) is 0. The van der Waals surface area contributed by atoms with Gasteiger partial charge in [0.2, 0.25) is 0 Å². The predicted molar refractivity (Wildman–Crippen MR) is 72.8 cm³/mol. The molecule has 1 saturated heterocycles. The Morgan fingerprint density at radius 1 is 0.938 bits per heavy atom. The molecule has 1 unspecified atom stereocenters. The zero-order chi connectivity index (χ0) is 11.5. The number of hydrogen-bond donors (Lipinski definition) is 1. The van der Waals surface area contributed by atoms with E-state index < -0.39 is 0 Å². The van der Waals surface area contributed by atoms with Crippen LogP contribution in [0.3, 0.4) is 0 Å². The predicted octanol–water partition coefficient (Wildman–Crippen LogP) is 4.52. The molecule has 1 rings (SSSR count). The minimum atomic E-state index is 0.984. The summed E-state index contributed by atoms with van der Waals surface area (Å²) in [5.41, 5.74) is 0. The third-order valence-electron chi connectivity index (χ3n) is 3.86. The molecule has 0 aromatic carbocycles. The van der Waals surface area contributed by atoms with E-state index in [1.807, 2.05) is 0 Å². The van der Waals surface area contributed by atoms with Crippen molar-refractivity contribution in [3.05, 3.63) is 0 Å². The van der Waals surface area contributed by atoms with E-state index in [2.05, 4.69) is 12.2 Å². The van der Waals surface area contributed by atoms with E-state index in [0.29, 0.717) is 0 Å². The maximum absolute atomic E-state index is 3.57.